The van der Waals surface area contributed by atoms with E-state index in [1.165, 1.54) is 12.8 Å². The molecule has 1 aliphatic carbocycles. The van der Waals surface area contributed by atoms with Crippen molar-refractivity contribution >= 4 is 5.91 Å². The minimum Gasteiger partial charge on any atom is -0.486 e. The molecule has 3 aliphatic rings. The van der Waals surface area contributed by atoms with Gasteiger partial charge in [-0.05, 0) is 30.5 Å². The van der Waals surface area contributed by atoms with Gasteiger partial charge in [0.15, 0.2) is 17.6 Å². The smallest absolute Gasteiger partial charge is 0.254 e. The molecule has 0 bridgehead atoms. The van der Waals surface area contributed by atoms with Crippen LogP contribution in [0.25, 0.3) is 0 Å². The molecule has 4 rings (SSSR count). The van der Waals surface area contributed by atoms with E-state index in [0.717, 1.165) is 29.9 Å². The van der Waals surface area contributed by atoms with Gasteiger partial charge >= 0.3 is 0 Å². The van der Waals surface area contributed by atoms with Gasteiger partial charge in [0.25, 0.3) is 5.91 Å². The normalized spacial score (nSPS) is 23.4. The maximum atomic E-state index is 13.0. The summed E-state index contributed by atoms with van der Waals surface area (Å²) in [6.07, 6.45) is 4.00. The van der Waals surface area contributed by atoms with Crippen molar-refractivity contribution in [3.63, 3.8) is 0 Å². The maximum Gasteiger partial charge on any atom is 0.254 e. The zero-order valence-electron chi connectivity index (χ0n) is 14.4. The largest absolute Gasteiger partial charge is 0.486 e. The van der Waals surface area contributed by atoms with Gasteiger partial charge in [-0.25, -0.2) is 0 Å². The third kappa shape index (κ3) is 3.75. The zero-order valence-corrected chi connectivity index (χ0v) is 14.4. The van der Waals surface area contributed by atoms with Crippen molar-refractivity contribution in [2.75, 3.05) is 33.0 Å². The number of benzene rings is 1. The first-order valence-corrected chi connectivity index (χ1v) is 9.19. The summed E-state index contributed by atoms with van der Waals surface area (Å²) in [5, 5.41) is 0. The molecule has 0 aromatic heterocycles. The first-order valence-electron chi connectivity index (χ1n) is 9.19. The van der Waals surface area contributed by atoms with Gasteiger partial charge in [-0.15, -0.1) is 0 Å². The Kier molecular flexibility index (Phi) is 5.08. The fourth-order valence-electron chi connectivity index (χ4n) is 3.80. The van der Waals surface area contributed by atoms with Crippen molar-refractivity contribution in [3.05, 3.63) is 23.8 Å². The summed E-state index contributed by atoms with van der Waals surface area (Å²) in [5.41, 5.74) is 1.06. The Balaban J connectivity index is 1.52. The van der Waals surface area contributed by atoms with Gasteiger partial charge in [0.2, 0.25) is 0 Å². The maximum absolute atomic E-state index is 13.0. The third-order valence-corrected chi connectivity index (χ3v) is 5.10. The van der Waals surface area contributed by atoms with E-state index in [1.54, 1.807) is 0 Å². The lowest BCUT2D eigenvalue weighted by atomic mass is 10.1. The van der Waals surface area contributed by atoms with E-state index >= 15 is 0 Å². The van der Waals surface area contributed by atoms with Crippen LogP contribution in [0.2, 0.25) is 0 Å². The van der Waals surface area contributed by atoms with Gasteiger partial charge in [0.05, 0.1) is 19.8 Å². The molecular formula is C19H25NO5. The molecule has 2 aliphatic heterocycles. The summed E-state index contributed by atoms with van der Waals surface area (Å²) in [7, 11) is 0. The van der Waals surface area contributed by atoms with Crippen molar-refractivity contribution in [2.45, 2.75) is 44.4 Å². The first kappa shape index (κ1) is 16.7. The number of fused-ring (bicyclic) bond motifs is 1. The van der Waals surface area contributed by atoms with Crippen molar-refractivity contribution in [1.29, 1.82) is 0 Å². The number of amides is 1. The number of carbonyl (C=O) groups is 1. The van der Waals surface area contributed by atoms with E-state index in [9.17, 15) is 4.79 Å². The highest BCUT2D eigenvalue weighted by molar-refractivity contribution is 5.81. The van der Waals surface area contributed by atoms with Crippen LogP contribution in [-0.4, -0.2) is 56.0 Å². The van der Waals surface area contributed by atoms with E-state index in [-0.39, 0.29) is 11.9 Å². The second-order valence-corrected chi connectivity index (χ2v) is 6.82. The summed E-state index contributed by atoms with van der Waals surface area (Å²) in [5.74, 6) is 1.58. The summed E-state index contributed by atoms with van der Waals surface area (Å²) in [4.78, 5) is 15.0. The van der Waals surface area contributed by atoms with Crippen LogP contribution in [0.3, 0.4) is 0 Å². The van der Waals surface area contributed by atoms with Crippen LogP contribution in [0.5, 0.6) is 11.5 Å². The molecule has 0 radical (unpaired) electrons. The predicted octanol–water partition coefficient (Wildman–Crippen LogP) is 2.14. The number of hydrogen-bond acceptors (Lipinski definition) is 5. The minimum absolute atomic E-state index is 0.0430. The molecule has 6 heteroatoms. The molecule has 136 valence electrons. The van der Waals surface area contributed by atoms with Gasteiger partial charge in [0.1, 0.15) is 13.2 Å². The lowest BCUT2D eigenvalue weighted by Crippen LogP contribution is -2.48. The summed E-state index contributed by atoms with van der Waals surface area (Å²) in [6.45, 7) is 3.12. The molecule has 1 aromatic carbocycles. The Hall–Kier alpha value is -1.79. The van der Waals surface area contributed by atoms with Crippen molar-refractivity contribution in [3.8, 4) is 11.5 Å². The third-order valence-electron chi connectivity index (χ3n) is 5.10. The highest BCUT2D eigenvalue weighted by Crippen LogP contribution is 2.32. The lowest BCUT2D eigenvalue weighted by Gasteiger charge is -2.34. The van der Waals surface area contributed by atoms with Crippen LogP contribution in [0.1, 0.15) is 31.2 Å². The minimum atomic E-state index is -0.480. The topological polar surface area (TPSA) is 57.2 Å². The van der Waals surface area contributed by atoms with Crippen LogP contribution in [0, 0.1) is 0 Å². The quantitative estimate of drug-likeness (QED) is 0.835. The molecule has 2 heterocycles. The lowest BCUT2D eigenvalue weighted by molar-refractivity contribution is -0.160. The van der Waals surface area contributed by atoms with Crippen LogP contribution in [0.4, 0.5) is 0 Å². The average Bonchev–Trinajstić information content (AvgIpc) is 3.20. The molecule has 2 fully saturated rings. The molecule has 1 atom stereocenters. The Bertz CT molecular complexity index is 608. The molecule has 1 amide bonds. The molecule has 1 unspecified atom stereocenters. The van der Waals surface area contributed by atoms with Gasteiger partial charge in [-0.1, -0.05) is 18.9 Å². The molecule has 0 N–H and O–H groups in total. The first-order chi connectivity index (χ1) is 12.3. The van der Waals surface area contributed by atoms with E-state index in [1.807, 2.05) is 23.1 Å². The van der Waals surface area contributed by atoms with E-state index in [0.29, 0.717) is 39.6 Å². The molecule has 1 saturated carbocycles. The molecular weight excluding hydrogens is 322 g/mol. The Morgan fingerprint density at radius 1 is 1.04 bits per heavy atom. The highest BCUT2D eigenvalue weighted by atomic mass is 16.6. The van der Waals surface area contributed by atoms with Crippen LogP contribution in [0.15, 0.2) is 18.2 Å². The summed E-state index contributed by atoms with van der Waals surface area (Å²) >= 11 is 0. The molecule has 6 nitrogen and oxygen atoms in total. The predicted molar refractivity (Wildman–Crippen MR) is 90.8 cm³/mol. The number of hydrogen-bond donors (Lipinski definition) is 0. The van der Waals surface area contributed by atoms with Crippen molar-refractivity contribution in [2.24, 2.45) is 0 Å². The zero-order chi connectivity index (χ0) is 17.1. The summed E-state index contributed by atoms with van der Waals surface area (Å²) < 4.78 is 22.3. The SMILES string of the molecule is O=C(C1COCCO1)N(Cc1ccc2c(c1)OCCO2)C1CCCC1. The Morgan fingerprint density at radius 3 is 2.60 bits per heavy atom. The van der Waals surface area contributed by atoms with Crippen LogP contribution >= 0.6 is 0 Å². The molecule has 0 spiro atoms. The summed E-state index contributed by atoms with van der Waals surface area (Å²) in [6, 6.07) is 6.22. The average molecular weight is 347 g/mol. The van der Waals surface area contributed by atoms with Gasteiger partial charge in [-0.3, -0.25) is 4.79 Å². The molecule has 1 aromatic rings. The Morgan fingerprint density at radius 2 is 1.84 bits per heavy atom. The van der Waals surface area contributed by atoms with Gasteiger partial charge < -0.3 is 23.8 Å². The van der Waals surface area contributed by atoms with Crippen LogP contribution < -0.4 is 9.47 Å². The van der Waals surface area contributed by atoms with Crippen LogP contribution in [-0.2, 0) is 20.8 Å². The monoisotopic (exact) mass is 347 g/mol. The van der Waals surface area contributed by atoms with E-state index in [2.05, 4.69) is 0 Å². The fourth-order valence-corrected chi connectivity index (χ4v) is 3.80. The standard InChI is InChI=1S/C19H25NO5/c21-19(18-13-22-7-8-25-18)20(15-3-1-2-4-15)12-14-5-6-16-17(11-14)24-10-9-23-16/h5-6,11,15,18H,1-4,7-10,12-13H2. The molecule has 25 heavy (non-hydrogen) atoms. The molecule has 1 saturated heterocycles. The second kappa shape index (κ2) is 7.62. The van der Waals surface area contributed by atoms with E-state index < -0.39 is 6.10 Å². The van der Waals surface area contributed by atoms with Gasteiger partial charge in [0, 0.05) is 12.6 Å². The number of carbonyl (C=O) groups excluding carboxylic acids is 1. The number of nitrogens with zero attached hydrogens (tertiary/aromatic N) is 1. The fraction of sp³-hybridized carbons (Fsp3) is 0.632. The highest BCUT2D eigenvalue weighted by Gasteiger charge is 2.33. The van der Waals surface area contributed by atoms with Crippen molar-refractivity contribution in [1.82, 2.24) is 4.90 Å². The van der Waals surface area contributed by atoms with E-state index in [4.69, 9.17) is 18.9 Å². The number of rotatable bonds is 4. The second-order valence-electron chi connectivity index (χ2n) is 6.82. The number of ether oxygens (including phenoxy) is 4. The van der Waals surface area contributed by atoms with Gasteiger partial charge in [-0.2, -0.15) is 0 Å². The Labute approximate surface area is 148 Å². The van der Waals surface area contributed by atoms with Crippen molar-refractivity contribution < 1.29 is 23.7 Å².